The van der Waals surface area contributed by atoms with Crippen LogP contribution in [0.2, 0.25) is 0 Å². The molecule has 0 saturated carbocycles. The van der Waals surface area contributed by atoms with E-state index in [1.54, 1.807) is 24.3 Å². The average molecular weight is 411 g/mol. The number of halogens is 1. The van der Waals surface area contributed by atoms with Crippen LogP contribution in [-0.2, 0) is 11.2 Å². The number of nitrogens with zero attached hydrogens (tertiary/aromatic N) is 2. The summed E-state index contributed by atoms with van der Waals surface area (Å²) in [7, 11) is 0. The summed E-state index contributed by atoms with van der Waals surface area (Å²) < 4.78 is 5.60. The molecule has 2 atom stereocenters. The second-order valence-corrected chi connectivity index (χ2v) is 6.72. The zero-order valence-electron chi connectivity index (χ0n) is 15.3. The third-order valence-corrected chi connectivity index (χ3v) is 4.67. The highest BCUT2D eigenvalue weighted by Gasteiger charge is 2.27. The van der Waals surface area contributed by atoms with Crippen molar-refractivity contribution < 1.29 is 31.8 Å². The van der Waals surface area contributed by atoms with Gasteiger partial charge in [-0.15, -0.1) is 10.2 Å². The Morgan fingerprint density at radius 2 is 1.89 bits per heavy atom. The summed E-state index contributed by atoms with van der Waals surface area (Å²) in [6.45, 7) is 1.27. The quantitative estimate of drug-likeness (QED) is 0.328. The van der Waals surface area contributed by atoms with Crippen molar-refractivity contribution in [2.24, 2.45) is 11.7 Å². The maximum Gasteiger partial charge on any atom is 0.241 e. The van der Waals surface area contributed by atoms with Gasteiger partial charge in [0, 0.05) is 5.92 Å². The lowest BCUT2D eigenvalue weighted by Crippen LogP contribution is -3.00. The molecule has 0 spiro atoms. The molecule has 1 amide bonds. The summed E-state index contributed by atoms with van der Waals surface area (Å²) in [5.74, 6) is 0.342. The Kier molecular flexibility index (Phi) is 8.18. The zero-order valence-corrected chi connectivity index (χ0v) is 16.1. The number of hydrogen-bond acceptors (Lipinski definition) is 8. The molecule has 0 unspecified atom stereocenters. The molecule has 1 aromatic heterocycles. The number of piperidine rings is 1. The zero-order chi connectivity index (χ0) is 19.2. The van der Waals surface area contributed by atoms with Gasteiger partial charge in [0.1, 0.15) is 11.8 Å². The van der Waals surface area contributed by atoms with Gasteiger partial charge in [-0.05, 0) is 50.0 Å². The molecule has 0 aliphatic carbocycles. The largest absolute Gasteiger partial charge is 1.00 e. The second-order valence-electron chi connectivity index (χ2n) is 6.72. The summed E-state index contributed by atoms with van der Waals surface area (Å²) in [5, 5.41) is 32.8. The van der Waals surface area contributed by atoms with Gasteiger partial charge in [0.15, 0.2) is 0 Å². The number of hydrogen-bond donors (Lipinski definition) is 5. The lowest BCUT2D eigenvalue weighted by Gasteiger charge is -2.23. The second kappa shape index (κ2) is 10.4. The van der Waals surface area contributed by atoms with E-state index in [2.05, 4.69) is 20.8 Å². The Morgan fingerprint density at radius 3 is 2.54 bits per heavy atom. The first-order valence-corrected chi connectivity index (χ1v) is 9.05. The van der Waals surface area contributed by atoms with Crippen molar-refractivity contribution in [3.05, 3.63) is 41.6 Å². The van der Waals surface area contributed by atoms with Gasteiger partial charge in [-0.1, -0.05) is 12.1 Å². The Morgan fingerprint density at radius 1 is 1.25 bits per heavy atom. The first-order chi connectivity index (χ1) is 13.1. The van der Waals surface area contributed by atoms with Crippen LogP contribution in [0.15, 0.2) is 28.7 Å². The molecule has 2 aromatic rings. The summed E-state index contributed by atoms with van der Waals surface area (Å²) in [4.78, 5) is 12.4. The van der Waals surface area contributed by atoms with Gasteiger partial charge >= 0.3 is 0 Å². The summed E-state index contributed by atoms with van der Waals surface area (Å²) in [5.41, 5.74) is 7.04. The van der Waals surface area contributed by atoms with Crippen LogP contribution in [0.25, 0.3) is 0 Å². The molecular weight excluding hydrogens is 386 g/mol. The molecule has 3 rings (SSSR count). The Labute approximate surface area is 169 Å². The number of nitrogens with one attached hydrogen (secondary N) is 2. The number of phenolic OH excluding ortho intramolecular Hbond substituents is 1. The van der Waals surface area contributed by atoms with Gasteiger partial charge in [0.2, 0.25) is 17.7 Å². The fourth-order valence-electron chi connectivity index (χ4n) is 3.07. The number of carbonyl (C=O) groups excluding carboxylic acids is 1. The Hall–Kier alpha value is -2.20. The van der Waals surface area contributed by atoms with Gasteiger partial charge < -0.3 is 43.4 Å². The van der Waals surface area contributed by atoms with E-state index in [0.717, 1.165) is 31.5 Å². The van der Waals surface area contributed by atoms with Crippen LogP contribution in [0.1, 0.15) is 42.3 Å². The minimum Gasteiger partial charge on any atom is -1.00 e. The van der Waals surface area contributed by atoms with Crippen LogP contribution in [0.4, 0.5) is 0 Å². The van der Waals surface area contributed by atoms with E-state index in [0.29, 0.717) is 6.42 Å². The van der Waals surface area contributed by atoms with E-state index in [1.807, 2.05) is 0 Å². The van der Waals surface area contributed by atoms with E-state index in [9.17, 15) is 15.0 Å². The van der Waals surface area contributed by atoms with E-state index >= 15 is 0 Å². The standard InChI is InChI=1S/C18H25N5O4.ClH/c19-14(9-11-1-3-13(25)4-2-11)17-22-23-18(27-17)15(10-24)21-16(26)12-5-7-20-8-6-12;/h1-4,12,14-15,20,24-25H,5-10,19H2,(H,21,26);1H/p-1/t14-,15-;/m0./s1. The monoisotopic (exact) mass is 410 g/mol. The maximum atomic E-state index is 12.4. The molecule has 1 saturated heterocycles. The lowest BCUT2D eigenvalue weighted by molar-refractivity contribution is -0.127. The van der Waals surface area contributed by atoms with Gasteiger partial charge in [0.05, 0.1) is 12.6 Å². The maximum absolute atomic E-state index is 12.4. The van der Waals surface area contributed by atoms with Gasteiger partial charge in [-0.3, -0.25) is 4.79 Å². The summed E-state index contributed by atoms with van der Waals surface area (Å²) >= 11 is 0. The van der Waals surface area contributed by atoms with Gasteiger partial charge in [-0.25, -0.2) is 0 Å². The number of aromatic hydroxyl groups is 1. The fraction of sp³-hybridized carbons (Fsp3) is 0.500. The van der Waals surface area contributed by atoms with Crippen LogP contribution in [-0.4, -0.2) is 46.0 Å². The number of carbonyl (C=O) groups is 1. The Bertz CT molecular complexity index is 749. The highest BCUT2D eigenvalue weighted by Crippen LogP contribution is 2.20. The van der Waals surface area contributed by atoms with E-state index in [4.69, 9.17) is 10.2 Å². The number of aliphatic hydroxyl groups is 1. The number of benzene rings is 1. The number of rotatable bonds is 7. The van der Waals surface area contributed by atoms with Crippen molar-refractivity contribution in [2.45, 2.75) is 31.3 Å². The molecule has 1 aliphatic rings. The third kappa shape index (κ3) is 5.65. The predicted octanol–water partition coefficient (Wildman–Crippen LogP) is -2.83. The normalized spacial score (nSPS) is 16.8. The molecule has 1 fully saturated rings. The van der Waals surface area contributed by atoms with Crippen molar-refractivity contribution in [3.8, 4) is 5.75 Å². The molecule has 1 aliphatic heterocycles. The molecule has 1 aromatic carbocycles. The number of aromatic nitrogens is 2. The van der Waals surface area contributed by atoms with Crippen LogP contribution >= 0.6 is 0 Å². The first kappa shape index (κ1) is 22.1. The van der Waals surface area contributed by atoms with Gasteiger partial charge in [-0.2, -0.15) is 0 Å². The van der Waals surface area contributed by atoms with Crippen molar-refractivity contribution in [3.63, 3.8) is 0 Å². The molecule has 28 heavy (non-hydrogen) atoms. The molecule has 9 nitrogen and oxygen atoms in total. The smallest absolute Gasteiger partial charge is 0.241 e. The Balaban J connectivity index is 0.00000280. The van der Waals surface area contributed by atoms with Crippen LogP contribution in [0.3, 0.4) is 0 Å². The van der Waals surface area contributed by atoms with Crippen LogP contribution in [0.5, 0.6) is 5.75 Å². The molecule has 0 radical (unpaired) electrons. The van der Waals surface area contributed by atoms with Crippen molar-refractivity contribution in [1.82, 2.24) is 20.8 Å². The highest BCUT2D eigenvalue weighted by molar-refractivity contribution is 5.79. The van der Waals surface area contributed by atoms with Crippen molar-refractivity contribution in [2.75, 3.05) is 19.7 Å². The third-order valence-electron chi connectivity index (χ3n) is 4.67. The average Bonchev–Trinajstić information content (AvgIpc) is 3.18. The lowest BCUT2D eigenvalue weighted by atomic mass is 9.97. The number of nitrogens with two attached hydrogens (primary N) is 1. The molecule has 154 valence electrons. The number of aliphatic hydroxyl groups excluding tert-OH is 1. The van der Waals surface area contributed by atoms with Gasteiger partial charge in [0.25, 0.3) is 0 Å². The summed E-state index contributed by atoms with van der Waals surface area (Å²) in [6.07, 6.45) is 1.97. The SMILES string of the molecule is N[C@@H](Cc1ccc(O)cc1)c1nnc([C@H](CO)NC(=O)C2CCNCC2)o1.[Cl-]. The van der Waals surface area contributed by atoms with E-state index in [1.165, 1.54) is 0 Å². The highest BCUT2D eigenvalue weighted by atomic mass is 35.5. The molecule has 6 N–H and O–H groups in total. The van der Waals surface area contributed by atoms with E-state index < -0.39 is 12.1 Å². The topological polar surface area (TPSA) is 147 Å². The fourth-order valence-corrected chi connectivity index (χ4v) is 3.07. The molecule has 0 bridgehead atoms. The first-order valence-electron chi connectivity index (χ1n) is 9.05. The molecule has 2 heterocycles. The van der Waals surface area contributed by atoms with Crippen molar-refractivity contribution in [1.29, 1.82) is 0 Å². The van der Waals surface area contributed by atoms with Crippen LogP contribution in [0, 0.1) is 5.92 Å². The number of amides is 1. The number of phenols is 1. The van der Waals surface area contributed by atoms with Crippen LogP contribution < -0.4 is 28.8 Å². The van der Waals surface area contributed by atoms with E-state index in [-0.39, 0.29) is 48.4 Å². The van der Waals surface area contributed by atoms with Crippen molar-refractivity contribution >= 4 is 5.91 Å². The minimum atomic E-state index is -0.755. The predicted molar refractivity (Wildman–Crippen MR) is 96.6 cm³/mol. The molecular formula is C18H25ClN5O4-. The molecule has 10 heteroatoms. The summed E-state index contributed by atoms with van der Waals surface area (Å²) in [6, 6.07) is 5.41. The minimum absolute atomic E-state index is 0.